The average Bonchev–Trinajstić information content (AvgIpc) is 3.13. The molecule has 1 aromatic heterocycles. The van der Waals surface area contributed by atoms with Crippen molar-refractivity contribution in [2.75, 3.05) is 29.8 Å². The van der Waals surface area contributed by atoms with E-state index in [4.69, 9.17) is 15.5 Å². The average molecular weight is 471 g/mol. The lowest BCUT2D eigenvalue weighted by Crippen LogP contribution is -2.30. The predicted octanol–water partition coefficient (Wildman–Crippen LogP) is 4.56. The van der Waals surface area contributed by atoms with E-state index in [1.54, 1.807) is 24.3 Å². The number of benzene rings is 2. The number of anilines is 2. The molecule has 0 saturated carbocycles. The minimum Gasteiger partial charge on any atom is -0.399 e. The highest BCUT2D eigenvalue weighted by atomic mass is 32.2. The molecule has 1 aliphatic rings. The van der Waals surface area contributed by atoms with Gasteiger partial charge in [0.1, 0.15) is 5.82 Å². The van der Waals surface area contributed by atoms with Crippen molar-refractivity contribution >= 4 is 32.4 Å². The summed E-state index contributed by atoms with van der Waals surface area (Å²) in [5.74, 6) is 1.57. The van der Waals surface area contributed by atoms with Crippen molar-refractivity contribution in [2.45, 2.75) is 57.4 Å². The molecular formula is C25H34N4O3S. The number of nitrogens with zero attached hydrogens (tertiary/aromatic N) is 3. The summed E-state index contributed by atoms with van der Waals surface area (Å²) >= 11 is 0. The second-order valence-corrected chi connectivity index (χ2v) is 11.6. The summed E-state index contributed by atoms with van der Waals surface area (Å²) in [6.45, 7) is 11.2. The Kier molecular flexibility index (Phi) is 6.42. The molecule has 0 unspecified atom stereocenters. The molecule has 0 spiro atoms. The smallest absolute Gasteiger partial charge is 0.264 e. The SMILES string of the molecule is CCN(c1ccc2c(c1)nc(C(C)(C)C)n2CC1CCOCC1)S(=O)(=O)c1ccc(N)cc1. The standard InChI is InChI=1S/C25H34N4O3S/c1-5-29(33(30,31)21-9-6-19(26)7-10-21)20-8-11-23-22(16-20)27-24(25(2,3)4)28(23)17-18-12-14-32-15-13-18/h6-11,16,18H,5,12-15,17,26H2,1-4H3. The third-order valence-electron chi connectivity index (χ3n) is 6.23. The number of imidazole rings is 1. The Morgan fingerprint density at radius 1 is 1.12 bits per heavy atom. The maximum atomic E-state index is 13.4. The third-order valence-corrected chi connectivity index (χ3v) is 8.14. The maximum Gasteiger partial charge on any atom is 0.264 e. The fraction of sp³-hybridized carbons (Fsp3) is 0.480. The van der Waals surface area contributed by atoms with E-state index in [2.05, 4.69) is 25.3 Å². The second-order valence-electron chi connectivity index (χ2n) is 9.76. The number of rotatable bonds is 6. The number of fused-ring (bicyclic) bond motifs is 1. The van der Waals surface area contributed by atoms with Gasteiger partial charge in [0, 0.05) is 37.4 Å². The van der Waals surface area contributed by atoms with Crippen LogP contribution in [0.4, 0.5) is 11.4 Å². The molecule has 0 amide bonds. The molecule has 0 bridgehead atoms. The minimum absolute atomic E-state index is 0.134. The third kappa shape index (κ3) is 4.73. The van der Waals surface area contributed by atoms with Crippen LogP contribution in [0.5, 0.6) is 0 Å². The highest BCUT2D eigenvalue weighted by molar-refractivity contribution is 7.92. The number of hydrogen-bond acceptors (Lipinski definition) is 5. The van der Waals surface area contributed by atoms with Crippen molar-refractivity contribution in [3.63, 3.8) is 0 Å². The van der Waals surface area contributed by atoms with Gasteiger partial charge in [-0.25, -0.2) is 13.4 Å². The molecule has 7 nitrogen and oxygen atoms in total. The molecule has 2 aromatic carbocycles. The van der Waals surface area contributed by atoms with E-state index in [-0.39, 0.29) is 10.3 Å². The van der Waals surface area contributed by atoms with Gasteiger partial charge in [-0.2, -0.15) is 0 Å². The van der Waals surface area contributed by atoms with E-state index in [0.29, 0.717) is 23.8 Å². The van der Waals surface area contributed by atoms with Crippen LogP contribution < -0.4 is 10.0 Å². The monoisotopic (exact) mass is 470 g/mol. The molecule has 1 fully saturated rings. The Hall–Kier alpha value is -2.58. The van der Waals surface area contributed by atoms with Gasteiger partial charge in [0.15, 0.2) is 0 Å². The normalized spacial score (nSPS) is 15.8. The van der Waals surface area contributed by atoms with E-state index in [1.807, 2.05) is 25.1 Å². The first-order valence-corrected chi connectivity index (χ1v) is 13.0. The fourth-order valence-corrected chi connectivity index (χ4v) is 5.94. The molecule has 0 radical (unpaired) electrons. The van der Waals surface area contributed by atoms with Gasteiger partial charge in [-0.1, -0.05) is 20.8 Å². The zero-order valence-electron chi connectivity index (χ0n) is 19.9. The number of hydrogen-bond donors (Lipinski definition) is 1. The van der Waals surface area contributed by atoms with Gasteiger partial charge in [-0.3, -0.25) is 4.31 Å². The van der Waals surface area contributed by atoms with Gasteiger partial charge < -0.3 is 15.0 Å². The summed E-state index contributed by atoms with van der Waals surface area (Å²) in [4.78, 5) is 5.21. The topological polar surface area (TPSA) is 90.5 Å². The van der Waals surface area contributed by atoms with Crippen LogP contribution in [0.3, 0.4) is 0 Å². The van der Waals surface area contributed by atoms with E-state index in [0.717, 1.165) is 49.5 Å². The Labute approximate surface area is 196 Å². The van der Waals surface area contributed by atoms with Crippen molar-refractivity contribution in [1.82, 2.24) is 9.55 Å². The fourth-order valence-electron chi connectivity index (χ4n) is 4.48. The molecule has 3 aromatic rings. The minimum atomic E-state index is -3.71. The summed E-state index contributed by atoms with van der Waals surface area (Å²) in [7, 11) is -3.71. The zero-order valence-corrected chi connectivity index (χ0v) is 20.7. The number of aromatic nitrogens is 2. The van der Waals surface area contributed by atoms with Gasteiger partial charge in [-0.05, 0) is 68.1 Å². The summed E-state index contributed by atoms with van der Waals surface area (Å²) in [5.41, 5.74) is 8.60. The molecule has 1 saturated heterocycles. The van der Waals surface area contributed by atoms with Gasteiger partial charge >= 0.3 is 0 Å². The number of ether oxygens (including phenoxy) is 1. The van der Waals surface area contributed by atoms with E-state index >= 15 is 0 Å². The predicted molar refractivity (Wildman–Crippen MR) is 133 cm³/mol. The Morgan fingerprint density at radius 3 is 2.39 bits per heavy atom. The number of sulfonamides is 1. The van der Waals surface area contributed by atoms with Crippen LogP contribution in [0.25, 0.3) is 11.0 Å². The van der Waals surface area contributed by atoms with E-state index in [9.17, 15) is 8.42 Å². The van der Waals surface area contributed by atoms with E-state index in [1.165, 1.54) is 4.31 Å². The molecule has 0 aliphatic carbocycles. The highest BCUT2D eigenvalue weighted by Gasteiger charge is 2.28. The molecule has 178 valence electrons. The van der Waals surface area contributed by atoms with Crippen molar-refractivity contribution in [3.05, 3.63) is 48.3 Å². The second kappa shape index (κ2) is 8.99. The zero-order chi connectivity index (χ0) is 23.8. The largest absolute Gasteiger partial charge is 0.399 e. The Bertz CT molecular complexity index is 1220. The van der Waals surface area contributed by atoms with Crippen molar-refractivity contribution < 1.29 is 13.2 Å². The maximum absolute atomic E-state index is 13.4. The van der Waals surface area contributed by atoms with Crippen LogP contribution in [-0.4, -0.2) is 37.7 Å². The number of nitrogen functional groups attached to an aromatic ring is 1. The molecule has 1 aliphatic heterocycles. The molecule has 0 atom stereocenters. The van der Waals surface area contributed by atoms with Crippen molar-refractivity contribution in [3.8, 4) is 0 Å². The van der Waals surface area contributed by atoms with Crippen LogP contribution in [0, 0.1) is 5.92 Å². The first-order chi connectivity index (χ1) is 15.6. The van der Waals surface area contributed by atoms with Gasteiger partial charge in [0.2, 0.25) is 0 Å². The summed E-state index contributed by atoms with van der Waals surface area (Å²) in [6.07, 6.45) is 2.09. The molecule has 8 heteroatoms. The molecule has 2 heterocycles. The summed E-state index contributed by atoms with van der Waals surface area (Å²) in [6, 6.07) is 12.1. The summed E-state index contributed by atoms with van der Waals surface area (Å²) < 4.78 is 36.0. The number of nitrogens with two attached hydrogens (primary N) is 1. The Morgan fingerprint density at radius 2 is 1.79 bits per heavy atom. The van der Waals surface area contributed by atoms with Crippen LogP contribution in [0.2, 0.25) is 0 Å². The lowest BCUT2D eigenvalue weighted by atomic mass is 9.94. The first-order valence-electron chi connectivity index (χ1n) is 11.6. The molecular weight excluding hydrogens is 436 g/mol. The van der Waals surface area contributed by atoms with Gasteiger partial charge in [0.25, 0.3) is 10.0 Å². The highest BCUT2D eigenvalue weighted by Crippen LogP contribution is 2.32. The van der Waals surface area contributed by atoms with Crippen LogP contribution >= 0.6 is 0 Å². The molecule has 4 rings (SSSR count). The van der Waals surface area contributed by atoms with Crippen LogP contribution in [0.15, 0.2) is 47.4 Å². The van der Waals surface area contributed by atoms with Gasteiger partial charge in [-0.15, -0.1) is 0 Å². The molecule has 33 heavy (non-hydrogen) atoms. The molecule has 2 N–H and O–H groups in total. The van der Waals surface area contributed by atoms with Gasteiger partial charge in [0.05, 0.1) is 21.6 Å². The lowest BCUT2D eigenvalue weighted by Gasteiger charge is -2.26. The summed E-state index contributed by atoms with van der Waals surface area (Å²) in [5, 5.41) is 0. The lowest BCUT2D eigenvalue weighted by molar-refractivity contribution is 0.0611. The van der Waals surface area contributed by atoms with Crippen LogP contribution in [-0.2, 0) is 26.7 Å². The van der Waals surface area contributed by atoms with E-state index < -0.39 is 10.0 Å². The first kappa shape index (κ1) is 23.6. The Balaban J connectivity index is 1.76. The van der Waals surface area contributed by atoms with Crippen molar-refractivity contribution in [1.29, 1.82) is 0 Å². The van der Waals surface area contributed by atoms with Crippen molar-refractivity contribution in [2.24, 2.45) is 5.92 Å². The quantitative estimate of drug-likeness (QED) is 0.534. The van der Waals surface area contributed by atoms with Crippen LogP contribution in [0.1, 0.15) is 46.4 Å².